The van der Waals surface area contributed by atoms with E-state index in [1.54, 1.807) is 29.2 Å². The number of halogens is 2. The number of nitrogens with one attached hydrogen (secondary N) is 1. The largest absolute Gasteiger partial charge is 0.355 e. The zero-order valence-electron chi connectivity index (χ0n) is 11.6. The van der Waals surface area contributed by atoms with E-state index in [0.29, 0.717) is 29.6 Å². The van der Waals surface area contributed by atoms with Crippen molar-refractivity contribution in [3.63, 3.8) is 0 Å². The van der Waals surface area contributed by atoms with E-state index in [9.17, 15) is 4.79 Å². The number of nitrogens with zero attached hydrogens (tertiary/aromatic N) is 3. The van der Waals surface area contributed by atoms with E-state index < -0.39 is 0 Å². The van der Waals surface area contributed by atoms with Gasteiger partial charge in [-0.1, -0.05) is 36.2 Å². The minimum Gasteiger partial charge on any atom is -0.355 e. The molecule has 1 N–H and O–H groups in total. The van der Waals surface area contributed by atoms with Crippen LogP contribution in [0.25, 0.3) is 0 Å². The molecular weight excluding hydrogens is 311 g/mol. The molecule has 1 aromatic carbocycles. The maximum atomic E-state index is 11.8. The van der Waals surface area contributed by atoms with Gasteiger partial charge in [0.1, 0.15) is 12.7 Å². The maximum Gasteiger partial charge on any atom is 0.221 e. The first-order valence-corrected chi connectivity index (χ1v) is 7.36. The Labute approximate surface area is 133 Å². The predicted molar refractivity (Wildman–Crippen MR) is 82.5 cm³/mol. The van der Waals surface area contributed by atoms with Crippen LogP contribution in [0.2, 0.25) is 10.0 Å². The number of aromatic nitrogens is 3. The number of amides is 1. The summed E-state index contributed by atoms with van der Waals surface area (Å²) in [5, 5.41) is 8.06. The van der Waals surface area contributed by atoms with Crippen molar-refractivity contribution in [2.45, 2.75) is 25.8 Å². The van der Waals surface area contributed by atoms with Crippen LogP contribution in [0.5, 0.6) is 0 Å². The fraction of sp³-hybridized carbons (Fsp3) is 0.357. The van der Waals surface area contributed by atoms with Gasteiger partial charge in [0.25, 0.3) is 0 Å². The molecule has 0 fully saturated rings. The number of aryl methyl sites for hydroxylation is 1. The fourth-order valence-corrected chi connectivity index (χ4v) is 2.77. The average Bonchev–Trinajstić information content (AvgIpc) is 2.96. The Kier molecular flexibility index (Phi) is 5.59. The Hall–Kier alpha value is -1.59. The first kappa shape index (κ1) is 15.8. The minimum absolute atomic E-state index is 0.0412. The molecule has 1 heterocycles. The molecule has 0 spiro atoms. The summed E-state index contributed by atoms with van der Waals surface area (Å²) in [7, 11) is 0. The number of rotatable bonds is 6. The molecule has 0 saturated carbocycles. The zero-order chi connectivity index (χ0) is 15.2. The summed E-state index contributed by atoms with van der Waals surface area (Å²) in [5.74, 6) is 0.00189. The van der Waals surface area contributed by atoms with Gasteiger partial charge in [0.15, 0.2) is 0 Å². The Morgan fingerprint density at radius 2 is 2.10 bits per heavy atom. The second-order valence-corrected chi connectivity index (χ2v) is 5.56. The van der Waals surface area contributed by atoms with Crippen LogP contribution >= 0.6 is 23.2 Å². The van der Waals surface area contributed by atoms with Crippen LogP contribution in [-0.2, 0) is 11.3 Å². The van der Waals surface area contributed by atoms with Crippen molar-refractivity contribution in [2.75, 3.05) is 6.54 Å². The van der Waals surface area contributed by atoms with E-state index in [1.165, 1.54) is 6.33 Å². The highest BCUT2D eigenvalue weighted by Gasteiger charge is 2.14. The van der Waals surface area contributed by atoms with Crippen molar-refractivity contribution < 1.29 is 4.79 Å². The van der Waals surface area contributed by atoms with Crippen LogP contribution in [-0.4, -0.2) is 27.2 Å². The molecule has 112 valence electrons. The molecule has 5 nitrogen and oxygen atoms in total. The molecule has 0 aliphatic heterocycles. The number of carbonyl (C=O) groups excluding carboxylic acids is 1. The molecule has 0 bridgehead atoms. The lowest BCUT2D eigenvalue weighted by atomic mass is 10.0. The van der Waals surface area contributed by atoms with Gasteiger partial charge in [-0.05, 0) is 17.7 Å². The summed E-state index contributed by atoms with van der Waals surface area (Å²) in [6.07, 6.45) is 3.38. The minimum atomic E-state index is -0.0412. The Bertz CT molecular complexity index is 581. The van der Waals surface area contributed by atoms with Gasteiger partial charge in [0, 0.05) is 28.9 Å². The summed E-state index contributed by atoms with van der Waals surface area (Å²) in [6.45, 7) is 2.97. The van der Waals surface area contributed by atoms with Gasteiger partial charge in [-0.2, -0.15) is 5.10 Å². The van der Waals surface area contributed by atoms with E-state index in [-0.39, 0.29) is 11.8 Å². The second kappa shape index (κ2) is 7.43. The van der Waals surface area contributed by atoms with Gasteiger partial charge < -0.3 is 5.32 Å². The molecule has 0 saturated heterocycles. The molecule has 2 rings (SSSR count). The summed E-state index contributed by atoms with van der Waals surface area (Å²) >= 11 is 12.3. The topological polar surface area (TPSA) is 59.8 Å². The lowest BCUT2D eigenvalue weighted by molar-refractivity contribution is -0.121. The Balaban J connectivity index is 1.83. The third kappa shape index (κ3) is 4.44. The fourth-order valence-electron chi connectivity index (χ4n) is 2.00. The monoisotopic (exact) mass is 326 g/mol. The van der Waals surface area contributed by atoms with Crippen molar-refractivity contribution in [3.05, 3.63) is 46.5 Å². The van der Waals surface area contributed by atoms with Gasteiger partial charge in [-0.15, -0.1) is 0 Å². The van der Waals surface area contributed by atoms with E-state index >= 15 is 0 Å². The standard InChI is InChI=1S/C14H16Cl2N4O/c1-10(14-11(15)3-2-4-12(14)16)7-18-13(21)5-6-20-9-17-8-19-20/h2-4,8-10H,5-7H2,1H3,(H,18,21)/t10-/m0/s1. The first-order chi connectivity index (χ1) is 10.1. The maximum absolute atomic E-state index is 11.8. The molecule has 1 aromatic heterocycles. The zero-order valence-corrected chi connectivity index (χ0v) is 13.1. The van der Waals surface area contributed by atoms with Gasteiger partial charge in [0.2, 0.25) is 5.91 Å². The van der Waals surface area contributed by atoms with E-state index in [2.05, 4.69) is 15.4 Å². The van der Waals surface area contributed by atoms with Crippen LogP contribution in [0.3, 0.4) is 0 Å². The van der Waals surface area contributed by atoms with Crippen LogP contribution in [0.4, 0.5) is 0 Å². The highest BCUT2D eigenvalue weighted by molar-refractivity contribution is 6.36. The van der Waals surface area contributed by atoms with Crippen LogP contribution in [0.1, 0.15) is 24.8 Å². The van der Waals surface area contributed by atoms with Crippen LogP contribution in [0.15, 0.2) is 30.9 Å². The van der Waals surface area contributed by atoms with Crippen molar-refractivity contribution in [2.24, 2.45) is 0 Å². The van der Waals surface area contributed by atoms with Gasteiger partial charge in [0.05, 0.1) is 6.54 Å². The number of hydrogen-bond donors (Lipinski definition) is 1. The molecule has 7 heteroatoms. The highest BCUT2D eigenvalue weighted by atomic mass is 35.5. The first-order valence-electron chi connectivity index (χ1n) is 6.61. The molecule has 21 heavy (non-hydrogen) atoms. The number of carbonyl (C=O) groups is 1. The summed E-state index contributed by atoms with van der Waals surface area (Å²) in [6, 6.07) is 5.40. The lowest BCUT2D eigenvalue weighted by Crippen LogP contribution is -2.28. The number of hydrogen-bond acceptors (Lipinski definition) is 3. The normalized spacial score (nSPS) is 12.1. The van der Waals surface area contributed by atoms with Crippen molar-refractivity contribution >= 4 is 29.1 Å². The molecule has 0 aliphatic rings. The van der Waals surface area contributed by atoms with Gasteiger partial charge in [-0.3, -0.25) is 9.48 Å². The second-order valence-electron chi connectivity index (χ2n) is 4.75. The van der Waals surface area contributed by atoms with Crippen molar-refractivity contribution in [1.82, 2.24) is 20.1 Å². The van der Waals surface area contributed by atoms with Crippen LogP contribution in [0, 0.1) is 0 Å². The smallest absolute Gasteiger partial charge is 0.221 e. The third-order valence-corrected chi connectivity index (χ3v) is 3.79. The Morgan fingerprint density at radius 1 is 1.38 bits per heavy atom. The molecule has 0 aliphatic carbocycles. The summed E-state index contributed by atoms with van der Waals surface area (Å²) in [4.78, 5) is 15.6. The predicted octanol–water partition coefficient (Wildman–Crippen LogP) is 2.89. The van der Waals surface area contributed by atoms with Crippen molar-refractivity contribution in [1.29, 1.82) is 0 Å². The Morgan fingerprint density at radius 3 is 2.71 bits per heavy atom. The van der Waals surface area contributed by atoms with E-state index in [4.69, 9.17) is 23.2 Å². The summed E-state index contributed by atoms with van der Waals surface area (Å²) in [5.41, 5.74) is 0.859. The average molecular weight is 327 g/mol. The highest BCUT2D eigenvalue weighted by Crippen LogP contribution is 2.30. The molecule has 1 atom stereocenters. The summed E-state index contributed by atoms with van der Waals surface area (Å²) < 4.78 is 1.62. The van der Waals surface area contributed by atoms with E-state index in [1.807, 2.05) is 6.92 Å². The molecule has 0 unspecified atom stereocenters. The molecule has 2 aromatic rings. The number of benzene rings is 1. The lowest BCUT2D eigenvalue weighted by Gasteiger charge is -2.16. The third-order valence-electron chi connectivity index (χ3n) is 3.13. The van der Waals surface area contributed by atoms with Gasteiger partial charge >= 0.3 is 0 Å². The molecule has 1 amide bonds. The SMILES string of the molecule is C[C@@H](CNC(=O)CCn1cncn1)c1c(Cl)cccc1Cl. The van der Waals surface area contributed by atoms with Crippen LogP contribution < -0.4 is 5.32 Å². The molecular formula is C14H16Cl2N4O. The van der Waals surface area contributed by atoms with E-state index in [0.717, 1.165) is 5.56 Å². The quantitative estimate of drug-likeness (QED) is 0.887. The van der Waals surface area contributed by atoms with Gasteiger partial charge in [-0.25, -0.2) is 4.98 Å². The molecule has 0 radical (unpaired) electrons. The van der Waals surface area contributed by atoms with Crippen molar-refractivity contribution in [3.8, 4) is 0 Å².